The predicted molar refractivity (Wildman–Crippen MR) is 125 cm³/mol. The van der Waals surface area contributed by atoms with Gasteiger partial charge in [-0.25, -0.2) is 9.18 Å². The Morgan fingerprint density at radius 3 is 2.41 bits per heavy atom. The first kappa shape index (κ1) is 22.7. The molecule has 1 unspecified atom stereocenters. The molecule has 34 heavy (non-hydrogen) atoms. The van der Waals surface area contributed by atoms with Gasteiger partial charge in [0.15, 0.2) is 6.61 Å². The maximum Gasteiger partial charge on any atom is 0.336 e. The van der Waals surface area contributed by atoms with Gasteiger partial charge in [-0.1, -0.05) is 12.1 Å². The van der Waals surface area contributed by atoms with Crippen LogP contribution in [0.3, 0.4) is 0 Å². The van der Waals surface area contributed by atoms with Crippen molar-refractivity contribution >= 4 is 28.5 Å². The number of amides is 2. The van der Waals surface area contributed by atoms with Crippen molar-refractivity contribution in [1.29, 1.82) is 0 Å². The molecule has 3 aromatic carbocycles. The number of fused-ring (bicyclic) bond motifs is 1. The molecule has 8 heteroatoms. The second kappa shape index (κ2) is 9.99. The highest BCUT2D eigenvalue weighted by Crippen LogP contribution is 2.20. The first-order chi connectivity index (χ1) is 16.4. The first-order valence-corrected chi connectivity index (χ1v) is 10.5. The minimum atomic E-state index is -0.461. The summed E-state index contributed by atoms with van der Waals surface area (Å²) in [4.78, 5) is 35.9. The third-order valence-electron chi connectivity index (χ3n) is 5.12. The largest absolute Gasteiger partial charge is 0.484 e. The summed E-state index contributed by atoms with van der Waals surface area (Å²) in [6.45, 7) is 1.62. The summed E-state index contributed by atoms with van der Waals surface area (Å²) in [6.07, 6.45) is 0. The monoisotopic (exact) mass is 460 g/mol. The smallest absolute Gasteiger partial charge is 0.336 e. The van der Waals surface area contributed by atoms with E-state index < -0.39 is 11.4 Å². The van der Waals surface area contributed by atoms with Crippen LogP contribution in [0, 0.1) is 5.82 Å². The molecule has 0 spiro atoms. The van der Waals surface area contributed by atoms with Crippen LogP contribution in [0.2, 0.25) is 0 Å². The molecule has 0 aliphatic carbocycles. The third-order valence-corrected chi connectivity index (χ3v) is 5.12. The molecule has 1 aromatic heterocycles. The van der Waals surface area contributed by atoms with E-state index >= 15 is 0 Å². The number of rotatable bonds is 7. The van der Waals surface area contributed by atoms with Crippen LogP contribution in [0.5, 0.6) is 5.75 Å². The summed E-state index contributed by atoms with van der Waals surface area (Å²) in [5.41, 5.74) is 1.67. The van der Waals surface area contributed by atoms with Gasteiger partial charge < -0.3 is 19.8 Å². The van der Waals surface area contributed by atoms with Gasteiger partial charge in [0.1, 0.15) is 17.1 Å². The fourth-order valence-corrected chi connectivity index (χ4v) is 3.31. The number of anilines is 1. The second-order valence-corrected chi connectivity index (χ2v) is 7.61. The van der Waals surface area contributed by atoms with Crippen LogP contribution < -0.4 is 21.0 Å². The molecule has 0 radical (unpaired) electrons. The molecule has 4 aromatic rings. The molecule has 4 rings (SSSR count). The Balaban J connectivity index is 1.30. The van der Waals surface area contributed by atoms with E-state index in [0.717, 1.165) is 10.9 Å². The van der Waals surface area contributed by atoms with E-state index in [-0.39, 0.29) is 24.5 Å². The van der Waals surface area contributed by atoms with Crippen molar-refractivity contribution in [3.05, 3.63) is 106 Å². The number of benzene rings is 3. The molecule has 0 aliphatic heterocycles. The lowest BCUT2D eigenvalue weighted by atomic mass is 10.1. The van der Waals surface area contributed by atoms with E-state index in [1.165, 1.54) is 30.3 Å². The zero-order valence-corrected chi connectivity index (χ0v) is 18.2. The van der Waals surface area contributed by atoms with Crippen molar-refractivity contribution in [3.8, 4) is 5.75 Å². The molecular weight excluding hydrogens is 439 g/mol. The Hall–Kier alpha value is -4.46. The van der Waals surface area contributed by atoms with E-state index in [1.54, 1.807) is 48.5 Å². The highest BCUT2D eigenvalue weighted by atomic mass is 19.1. The zero-order chi connectivity index (χ0) is 24.1. The van der Waals surface area contributed by atoms with Gasteiger partial charge in [0.2, 0.25) is 0 Å². The van der Waals surface area contributed by atoms with Gasteiger partial charge in [-0.3, -0.25) is 9.59 Å². The summed E-state index contributed by atoms with van der Waals surface area (Å²) in [7, 11) is 0. The fourth-order valence-electron chi connectivity index (χ4n) is 3.31. The predicted octanol–water partition coefficient (Wildman–Crippen LogP) is 4.44. The molecule has 2 amide bonds. The fraction of sp³-hybridized carbons (Fsp3) is 0.115. The normalized spacial score (nSPS) is 11.6. The van der Waals surface area contributed by atoms with Crippen LogP contribution >= 0.6 is 0 Å². The molecule has 0 saturated heterocycles. The van der Waals surface area contributed by atoms with Gasteiger partial charge in [0.05, 0.1) is 6.04 Å². The van der Waals surface area contributed by atoms with Crippen LogP contribution in [-0.4, -0.2) is 18.4 Å². The number of carbonyl (C=O) groups excluding carboxylic acids is 2. The van der Waals surface area contributed by atoms with Crippen LogP contribution in [0.25, 0.3) is 11.0 Å². The molecule has 2 N–H and O–H groups in total. The zero-order valence-electron chi connectivity index (χ0n) is 18.2. The van der Waals surface area contributed by atoms with Crippen molar-refractivity contribution in [3.63, 3.8) is 0 Å². The lowest BCUT2D eigenvalue weighted by Gasteiger charge is -2.15. The topological polar surface area (TPSA) is 97.6 Å². The van der Waals surface area contributed by atoms with Crippen LogP contribution in [-0.2, 0) is 4.79 Å². The van der Waals surface area contributed by atoms with Gasteiger partial charge in [-0.15, -0.1) is 0 Å². The average Bonchev–Trinajstić information content (AvgIpc) is 2.83. The summed E-state index contributed by atoms with van der Waals surface area (Å²) in [6, 6.07) is 20.0. The molecule has 7 nitrogen and oxygen atoms in total. The van der Waals surface area contributed by atoms with E-state index in [0.29, 0.717) is 22.6 Å². The van der Waals surface area contributed by atoms with E-state index in [9.17, 15) is 18.8 Å². The molecule has 172 valence electrons. The summed E-state index contributed by atoms with van der Waals surface area (Å²) in [5, 5.41) is 6.34. The van der Waals surface area contributed by atoms with Gasteiger partial charge in [-0.05, 0) is 67.1 Å². The minimum absolute atomic E-state index is 0.210. The van der Waals surface area contributed by atoms with Crippen molar-refractivity contribution in [2.24, 2.45) is 0 Å². The van der Waals surface area contributed by atoms with Crippen molar-refractivity contribution < 1.29 is 23.1 Å². The summed E-state index contributed by atoms with van der Waals surface area (Å²) < 4.78 is 23.6. The molecule has 0 aliphatic rings. The van der Waals surface area contributed by atoms with Crippen LogP contribution in [0.4, 0.5) is 10.1 Å². The number of carbonyl (C=O) groups is 2. The van der Waals surface area contributed by atoms with Gasteiger partial charge in [0, 0.05) is 28.8 Å². The number of ether oxygens (including phenoxy) is 1. The van der Waals surface area contributed by atoms with Gasteiger partial charge in [0.25, 0.3) is 11.8 Å². The third kappa shape index (κ3) is 5.66. The van der Waals surface area contributed by atoms with E-state index in [2.05, 4.69) is 10.6 Å². The van der Waals surface area contributed by atoms with Crippen LogP contribution in [0.1, 0.15) is 28.9 Å². The highest BCUT2D eigenvalue weighted by molar-refractivity contribution is 6.04. The number of hydrogen-bond donors (Lipinski definition) is 2. The number of hydrogen-bond acceptors (Lipinski definition) is 5. The average molecular weight is 460 g/mol. The maximum atomic E-state index is 13.0. The molecule has 0 bridgehead atoms. The van der Waals surface area contributed by atoms with Gasteiger partial charge in [-0.2, -0.15) is 0 Å². The Labute approximate surface area is 194 Å². The van der Waals surface area contributed by atoms with E-state index in [4.69, 9.17) is 9.15 Å². The summed E-state index contributed by atoms with van der Waals surface area (Å²) >= 11 is 0. The number of halogens is 1. The molecule has 1 atom stereocenters. The molecule has 1 heterocycles. The Kier molecular flexibility index (Phi) is 6.68. The Morgan fingerprint density at radius 2 is 1.68 bits per heavy atom. The summed E-state index contributed by atoms with van der Waals surface area (Å²) in [5.74, 6) is -0.672. The SMILES string of the molecule is CC(NC(=O)COc1ccc2ccc(=O)oc2c1)c1ccc(NC(=O)c2ccc(F)cc2)cc1. The maximum absolute atomic E-state index is 13.0. The standard InChI is InChI=1S/C26H21FN2O5/c1-16(17-4-10-21(11-5-17)29-26(32)19-2-8-20(27)9-3-19)28-24(30)15-33-22-12-6-18-7-13-25(31)34-23(18)14-22/h2-14,16H,15H2,1H3,(H,28,30)(H,29,32). The van der Waals surface area contributed by atoms with Crippen LogP contribution in [0.15, 0.2) is 88.1 Å². The van der Waals surface area contributed by atoms with Crippen molar-refractivity contribution in [2.45, 2.75) is 13.0 Å². The number of nitrogens with one attached hydrogen (secondary N) is 2. The van der Waals surface area contributed by atoms with Crippen molar-refractivity contribution in [2.75, 3.05) is 11.9 Å². The minimum Gasteiger partial charge on any atom is -0.484 e. The van der Waals surface area contributed by atoms with Gasteiger partial charge >= 0.3 is 5.63 Å². The molecule has 0 saturated carbocycles. The quantitative estimate of drug-likeness (QED) is 0.398. The molecular formula is C26H21FN2O5. The first-order valence-electron chi connectivity index (χ1n) is 10.5. The Morgan fingerprint density at radius 1 is 0.971 bits per heavy atom. The van der Waals surface area contributed by atoms with Crippen molar-refractivity contribution in [1.82, 2.24) is 5.32 Å². The lowest BCUT2D eigenvalue weighted by Crippen LogP contribution is -2.31. The second-order valence-electron chi connectivity index (χ2n) is 7.61. The Bertz CT molecular complexity index is 1380. The highest BCUT2D eigenvalue weighted by Gasteiger charge is 2.12. The van der Waals surface area contributed by atoms with E-state index in [1.807, 2.05) is 6.92 Å². The molecule has 0 fully saturated rings. The lowest BCUT2D eigenvalue weighted by molar-refractivity contribution is -0.123.